The number of fused-ring (bicyclic) bond motifs is 2. The zero-order valence-corrected chi connectivity index (χ0v) is 22.8. The van der Waals surface area contributed by atoms with Gasteiger partial charge in [-0.05, 0) is 117 Å². The van der Waals surface area contributed by atoms with Crippen LogP contribution >= 0.6 is 0 Å². The van der Waals surface area contributed by atoms with E-state index in [4.69, 9.17) is 0 Å². The molecule has 6 aliphatic rings. The van der Waals surface area contributed by atoms with E-state index < -0.39 is 5.54 Å². The van der Waals surface area contributed by atoms with Crippen LogP contribution in [0.4, 0.5) is 0 Å². The van der Waals surface area contributed by atoms with Gasteiger partial charge in [0, 0.05) is 19.0 Å². The fourth-order valence-corrected chi connectivity index (χ4v) is 9.92. The van der Waals surface area contributed by atoms with Crippen LogP contribution < -0.4 is 5.32 Å². The Hall–Kier alpha value is -2.62. The number of hydrogen-bond acceptors (Lipinski definition) is 2. The fourth-order valence-electron chi connectivity index (χ4n) is 9.92. The number of nitrogens with zero attached hydrogens (tertiary/aromatic N) is 1. The number of benzene rings is 2. The Bertz CT molecular complexity index is 1190. The fraction of sp³-hybridized carbons (Fsp3) is 0.588. The molecule has 200 valence electrons. The highest BCUT2D eigenvalue weighted by Crippen LogP contribution is 2.56. The molecular weight excluding hydrogens is 468 g/mol. The summed E-state index contributed by atoms with van der Waals surface area (Å²) in [4.78, 5) is 30.1. The van der Waals surface area contributed by atoms with Gasteiger partial charge in [0.25, 0.3) is 0 Å². The minimum atomic E-state index is -0.779. The van der Waals surface area contributed by atoms with E-state index >= 15 is 0 Å². The highest BCUT2D eigenvalue weighted by Gasteiger charge is 2.56. The summed E-state index contributed by atoms with van der Waals surface area (Å²) in [6, 6.07) is 19.1. The number of rotatable bonds is 5. The molecule has 6 aliphatic carbocycles. The molecule has 5 saturated carbocycles. The van der Waals surface area contributed by atoms with Gasteiger partial charge in [0.1, 0.15) is 5.54 Å². The molecule has 1 N–H and O–H groups in total. The second-order valence-corrected chi connectivity index (χ2v) is 13.7. The number of hydrogen-bond donors (Lipinski definition) is 1. The van der Waals surface area contributed by atoms with Crippen LogP contribution in [0.3, 0.4) is 0 Å². The summed E-state index contributed by atoms with van der Waals surface area (Å²) in [7, 11) is 0. The average molecular weight is 511 g/mol. The van der Waals surface area contributed by atoms with Crippen molar-refractivity contribution in [2.24, 2.45) is 29.6 Å². The standard InChI is InChI=1S/C34H42N2O2/c1-23(37)36(22-24-7-3-2-4-8-24)34(12-11-30-16-28-9-5-6-10-29(28)17-31(30)21-34)32(38)35-33-18-25-13-26(19-33)15-27(14-25)20-33/h2-10,25-27,30-31H,11-22H2,1H3,(H,35,38)/t25?,26?,27?,30-,31-,33?,34-/m1/s1. The van der Waals surface area contributed by atoms with Gasteiger partial charge in [-0.2, -0.15) is 0 Å². The monoisotopic (exact) mass is 510 g/mol. The smallest absolute Gasteiger partial charge is 0.246 e. The Labute approximate surface area is 227 Å². The van der Waals surface area contributed by atoms with Crippen molar-refractivity contribution in [3.05, 3.63) is 71.3 Å². The second kappa shape index (κ2) is 9.24. The molecule has 3 atom stereocenters. The van der Waals surface area contributed by atoms with E-state index in [1.165, 1.54) is 30.4 Å². The molecule has 2 aromatic carbocycles. The Balaban J connectivity index is 1.23. The van der Waals surface area contributed by atoms with Crippen LogP contribution in [0.5, 0.6) is 0 Å². The molecule has 0 unspecified atom stereocenters. The molecule has 38 heavy (non-hydrogen) atoms. The van der Waals surface area contributed by atoms with E-state index in [0.717, 1.165) is 74.7 Å². The maximum atomic E-state index is 14.8. The highest BCUT2D eigenvalue weighted by atomic mass is 16.2. The molecule has 0 aromatic heterocycles. The first-order valence-electron chi connectivity index (χ1n) is 15.1. The molecule has 0 spiro atoms. The quantitative estimate of drug-likeness (QED) is 0.530. The molecule has 2 aromatic rings. The molecule has 4 bridgehead atoms. The zero-order chi connectivity index (χ0) is 25.9. The van der Waals surface area contributed by atoms with E-state index in [-0.39, 0.29) is 17.4 Å². The van der Waals surface area contributed by atoms with Gasteiger partial charge in [-0.1, -0.05) is 54.6 Å². The predicted molar refractivity (Wildman–Crippen MR) is 149 cm³/mol. The van der Waals surface area contributed by atoms with Crippen LogP contribution in [-0.2, 0) is 29.0 Å². The van der Waals surface area contributed by atoms with E-state index in [1.54, 1.807) is 6.92 Å². The highest BCUT2D eigenvalue weighted by molar-refractivity contribution is 5.91. The minimum absolute atomic E-state index is 0.0178. The van der Waals surface area contributed by atoms with Crippen molar-refractivity contribution in [3.63, 3.8) is 0 Å². The Morgan fingerprint density at radius 2 is 1.39 bits per heavy atom. The van der Waals surface area contributed by atoms with Gasteiger partial charge in [0.15, 0.2) is 0 Å². The lowest BCUT2D eigenvalue weighted by molar-refractivity contribution is -0.156. The first-order valence-corrected chi connectivity index (χ1v) is 15.1. The number of carbonyl (C=O) groups excluding carboxylic acids is 2. The average Bonchev–Trinajstić information content (AvgIpc) is 2.89. The summed E-state index contributed by atoms with van der Waals surface area (Å²) in [6.45, 7) is 2.17. The largest absolute Gasteiger partial charge is 0.349 e. The van der Waals surface area contributed by atoms with Crippen LogP contribution in [0.2, 0.25) is 0 Å². The van der Waals surface area contributed by atoms with E-state index in [1.807, 2.05) is 23.1 Å². The van der Waals surface area contributed by atoms with E-state index in [0.29, 0.717) is 18.4 Å². The van der Waals surface area contributed by atoms with E-state index in [2.05, 4.69) is 41.7 Å². The number of carbonyl (C=O) groups is 2. The SMILES string of the molecule is CC(=O)N(Cc1ccccc1)[C@]1(C(=O)NC23CC4CC(CC(C4)C2)C3)CC[C@@H]2Cc3ccccc3C[C@@H]2C1. The molecular formula is C34H42N2O2. The lowest BCUT2D eigenvalue weighted by atomic mass is 9.52. The van der Waals surface area contributed by atoms with Gasteiger partial charge < -0.3 is 10.2 Å². The van der Waals surface area contributed by atoms with Crippen LogP contribution in [0.25, 0.3) is 0 Å². The Morgan fingerprint density at radius 1 is 0.816 bits per heavy atom. The second-order valence-electron chi connectivity index (χ2n) is 13.7. The molecule has 2 amide bonds. The molecule has 0 radical (unpaired) electrons. The minimum Gasteiger partial charge on any atom is -0.349 e. The predicted octanol–water partition coefficient (Wildman–Crippen LogP) is 6.07. The first kappa shape index (κ1) is 24.4. The van der Waals surface area contributed by atoms with Gasteiger partial charge in [-0.3, -0.25) is 9.59 Å². The molecule has 0 aliphatic heterocycles. The summed E-state index contributed by atoms with van der Waals surface area (Å²) in [5.41, 5.74) is 3.18. The summed E-state index contributed by atoms with van der Waals surface area (Å²) >= 11 is 0. The molecule has 4 heteroatoms. The van der Waals surface area contributed by atoms with Gasteiger partial charge >= 0.3 is 0 Å². The van der Waals surface area contributed by atoms with Crippen molar-refractivity contribution in [2.45, 2.75) is 95.2 Å². The lowest BCUT2D eigenvalue weighted by Crippen LogP contribution is -2.68. The number of amides is 2. The van der Waals surface area contributed by atoms with Crippen molar-refractivity contribution < 1.29 is 9.59 Å². The maximum absolute atomic E-state index is 14.8. The molecule has 4 nitrogen and oxygen atoms in total. The normalized spacial score (nSPS) is 36.7. The molecule has 0 saturated heterocycles. The van der Waals surface area contributed by atoms with Gasteiger partial charge in [-0.15, -0.1) is 0 Å². The van der Waals surface area contributed by atoms with Crippen LogP contribution in [-0.4, -0.2) is 27.8 Å². The van der Waals surface area contributed by atoms with Crippen molar-refractivity contribution in [1.29, 1.82) is 0 Å². The zero-order valence-electron chi connectivity index (χ0n) is 22.8. The van der Waals surface area contributed by atoms with Crippen LogP contribution in [0.1, 0.15) is 81.4 Å². The maximum Gasteiger partial charge on any atom is 0.246 e. The van der Waals surface area contributed by atoms with Crippen LogP contribution in [0, 0.1) is 29.6 Å². The third-order valence-corrected chi connectivity index (χ3v) is 11.2. The summed E-state index contributed by atoms with van der Waals surface area (Å²) < 4.78 is 0. The third-order valence-electron chi connectivity index (χ3n) is 11.2. The number of nitrogens with one attached hydrogen (secondary N) is 1. The summed E-state index contributed by atoms with van der Waals surface area (Å²) in [5.74, 6) is 3.50. The van der Waals surface area contributed by atoms with Crippen LogP contribution in [0.15, 0.2) is 54.6 Å². The first-order chi connectivity index (χ1) is 18.4. The molecule has 5 fully saturated rings. The van der Waals surface area contributed by atoms with Crippen molar-refractivity contribution in [2.75, 3.05) is 0 Å². The molecule has 0 heterocycles. The topological polar surface area (TPSA) is 49.4 Å². The van der Waals surface area contributed by atoms with Crippen molar-refractivity contribution >= 4 is 11.8 Å². The lowest BCUT2D eigenvalue weighted by Gasteiger charge is -2.58. The molecule has 8 rings (SSSR count). The Kier molecular flexibility index (Phi) is 5.94. The van der Waals surface area contributed by atoms with Crippen molar-refractivity contribution in [1.82, 2.24) is 10.2 Å². The Morgan fingerprint density at radius 3 is 2.00 bits per heavy atom. The van der Waals surface area contributed by atoms with E-state index in [9.17, 15) is 9.59 Å². The van der Waals surface area contributed by atoms with Gasteiger partial charge in [-0.25, -0.2) is 0 Å². The van der Waals surface area contributed by atoms with Gasteiger partial charge in [0.05, 0.1) is 0 Å². The third kappa shape index (κ3) is 4.19. The van der Waals surface area contributed by atoms with Gasteiger partial charge in [0.2, 0.25) is 11.8 Å². The summed E-state index contributed by atoms with van der Waals surface area (Å²) in [6.07, 6.45) is 12.2. The van der Waals surface area contributed by atoms with Crippen molar-refractivity contribution in [3.8, 4) is 0 Å². The summed E-state index contributed by atoms with van der Waals surface area (Å²) in [5, 5.41) is 3.74.